The molecule has 19 heavy (non-hydrogen) atoms. The second kappa shape index (κ2) is 4.86. The number of carbonyl (C=O) groups excluding carboxylic acids is 1. The number of carbonyl (C=O) groups is 1. The van der Waals surface area contributed by atoms with Gasteiger partial charge in [0.1, 0.15) is 5.76 Å². The van der Waals surface area contributed by atoms with Gasteiger partial charge in [-0.25, -0.2) is 0 Å². The Hall–Kier alpha value is -2.13. The topological polar surface area (TPSA) is 30.2 Å². The van der Waals surface area contributed by atoms with Crippen LogP contribution in [0.4, 0.5) is 0 Å². The van der Waals surface area contributed by atoms with Crippen molar-refractivity contribution in [3.63, 3.8) is 0 Å². The van der Waals surface area contributed by atoms with Gasteiger partial charge in [-0.05, 0) is 25.1 Å². The van der Waals surface area contributed by atoms with E-state index in [0.29, 0.717) is 11.3 Å². The highest BCUT2D eigenvalue weighted by molar-refractivity contribution is 7.15. The third-order valence-corrected chi connectivity index (χ3v) is 3.91. The van der Waals surface area contributed by atoms with E-state index in [2.05, 4.69) is 0 Å². The molecule has 1 aromatic carbocycles. The van der Waals surface area contributed by atoms with Gasteiger partial charge in [0.2, 0.25) is 0 Å². The molecule has 0 aliphatic carbocycles. The lowest BCUT2D eigenvalue weighted by molar-refractivity contribution is 0.112. The van der Waals surface area contributed by atoms with E-state index in [4.69, 9.17) is 4.42 Å². The first kappa shape index (κ1) is 11.9. The van der Waals surface area contributed by atoms with E-state index in [1.165, 1.54) is 4.88 Å². The summed E-state index contributed by atoms with van der Waals surface area (Å²) in [5.74, 6) is 1.38. The van der Waals surface area contributed by atoms with Gasteiger partial charge in [0.25, 0.3) is 0 Å². The maximum absolute atomic E-state index is 11.2. The van der Waals surface area contributed by atoms with Gasteiger partial charge in [0, 0.05) is 10.4 Å². The summed E-state index contributed by atoms with van der Waals surface area (Å²) in [4.78, 5) is 13.4. The Morgan fingerprint density at radius 1 is 1.11 bits per heavy atom. The summed E-state index contributed by atoms with van der Waals surface area (Å²) < 4.78 is 5.87. The fraction of sp³-hybridized carbons (Fsp3) is 0.0625. The lowest BCUT2D eigenvalue weighted by atomic mass is 10.1. The highest BCUT2D eigenvalue weighted by Gasteiger charge is 2.15. The first-order valence-corrected chi connectivity index (χ1v) is 6.81. The summed E-state index contributed by atoms with van der Waals surface area (Å²) in [5.41, 5.74) is 1.57. The van der Waals surface area contributed by atoms with Gasteiger partial charge < -0.3 is 4.42 Å². The SMILES string of the molecule is Cc1ccc(-c2oc(-c3ccccc3)cc2C=O)s1. The van der Waals surface area contributed by atoms with Crippen LogP contribution in [0.5, 0.6) is 0 Å². The molecule has 2 nitrogen and oxygen atoms in total. The van der Waals surface area contributed by atoms with E-state index >= 15 is 0 Å². The van der Waals surface area contributed by atoms with Crippen LogP contribution in [0.15, 0.2) is 52.9 Å². The zero-order chi connectivity index (χ0) is 13.2. The highest BCUT2D eigenvalue weighted by atomic mass is 32.1. The van der Waals surface area contributed by atoms with Crippen LogP contribution in [0.3, 0.4) is 0 Å². The van der Waals surface area contributed by atoms with Crippen LogP contribution in [-0.4, -0.2) is 6.29 Å². The second-order valence-electron chi connectivity index (χ2n) is 4.29. The van der Waals surface area contributed by atoms with Crippen LogP contribution < -0.4 is 0 Å². The molecule has 0 atom stereocenters. The molecule has 0 fully saturated rings. The molecule has 0 radical (unpaired) electrons. The Labute approximate surface area is 115 Å². The minimum absolute atomic E-state index is 0.598. The molecular formula is C16H12O2S. The predicted octanol–water partition coefficient (Wildman–Crippen LogP) is 4.80. The minimum atomic E-state index is 0.598. The summed E-state index contributed by atoms with van der Waals surface area (Å²) in [6.07, 6.45) is 0.848. The summed E-state index contributed by atoms with van der Waals surface area (Å²) in [6, 6.07) is 15.6. The standard InChI is InChI=1S/C16H12O2S/c1-11-7-8-15(19-11)16-13(10-17)9-14(18-16)12-5-3-2-4-6-12/h2-10H,1H3. The average molecular weight is 268 g/mol. The number of furan rings is 1. The van der Waals surface area contributed by atoms with Crippen molar-refractivity contribution in [1.29, 1.82) is 0 Å². The van der Waals surface area contributed by atoms with Crippen molar-refractivity contribution >= 4 is 17.6 Å². The highest BCUT2D eigenvalue weighted by Crippen LogP contribution is 2.35. The van der Waals surface area contributed by atoms with E-state index in [0.717, 1.165) is 22.5 Å². The summed E-state index contributed by atoms with van der Waals surface area (Å²) in [5, 5.41) is 0. The molecule has 3 rings (SSSR count). The Kier molecular flexibility index (Phi) is 3.05. The molecule has 0 aliphatic heterocycles. The molecule has 0 unspecified atom stereocenters. The van der Waals surface area contributed by atoms with E-state index in [9.17, 15) is 4.79 Å². The first-order chi connectivity index (χ1) is 9.28. The van der Waals surface area contributed by atoms with Crippen LogP contribution in [0.2, 0.25) is 0 Å². The van der Waals surface area contributed by atoms with Crippen molar-refractivity contribution in [3.8, 4) is 22.0 Å². The average Bonchev–Trinajstić information content (AvgIpc) is 3.05. The number of aldehydes is 1. The Bertz CT molecular complexity index is 707. The molecule has 0 N–H and O–H groups in total. The molecular weight excluding hydrogens is 256 g/mol. The largest absolute Gasteiger partial charge is 0.454 e. The van der Waals surface area contributed by atoms with Gasteiger partial charge in [-0.3, -0.25) is 4.79 Å². The van der Waals surface area contributed by atoms with Gasteiger partial charge in [0.15, 0.2) is 12.0 Å². The number of hydrogen-bond acceptors (Lipinski definition) is 3. The summed E-state index contributed by atoms with van der Waals surface area (Å²) in [6.45, 7) is 2.04. The van der Waals surface area contributed by atoms with Gasteiger partial charge in [-0.1, -0.05) is 30.3 Å². The normalized spacial score (nSPS) is 10.6. The molecule has 0 spiro atoms. The van der Waals surface area contributed by atoms with E-state index in [1.54, 1.807) is 17.4 Å². The van der Waals surface area contributed by atoms with E-state index < -0.39 is 0 Å². The Morgan fingerprint density at radius 3 is 2.53 bits per heavy atom. The van der Waals surface area contributed by atoms with Crippen molar-refractivity contribution in [2.24, 2.45) is 0 Å². The number of rotatable bonds is 3. The fourth-order valence-electron chi connectivity index (χ4n) is 1.99. The lowest BCUT2D eigenvalue weighted by Crippen LogP contribution is -1.76. The van der Waals surface area contributed by atoms with E-state index in [-0.39, 0.29) is 0 Å². The second-order valence-corrected chi connectivity index (χ2v) is 5.58. The van der Waals surface area contributed by atoms with Crippen molar-refractivity contribution in [2.45, 2.75) is 6.92 Å². The van der Waals surface area contributed by atoms with Crippen LogP contribution >= 0.6 is 11.3 Å². The molecule has 2 heterocycles. The third kappa shape index (κ3) is 2.25. The molecule has 3 heteroatoms. The summed E-state index contributed by atoms with van der Waals surface area (Å²) in [7, 11) is 0. The van der Waals surface area contributed by atoms with Gasteiger partial charge in [-0.15, -0.1) is 11.3 Å². The molecule has 0 aliphatic rings. The number of aryl methyl sites for hydroxylation is 1. The van der Waals surface area contributed by atoms with E-state index in [1.807, 2.05) is 49.4 Å². The van der Waals surface area contributed by atoms with Gasteiger partial charge in [0.05, 0.1) is 10.4 Å². The summed E-state index contributed by atoms with van der Waals surface area (Å²) >= 11 is 1.63. The smallest absolute Gasteiger partial charge is 0.155 e. The number of thiophene rings is 1. The molecule has 0 saturated carbocycles. The van der Waals surface area contributed by atoms with Crippen molar-refractivity contribution < 1.29 is 9.21 Å². The molecule has 0 bridgehead atoms. The van der Waals surface area contributed by atoms with Gasteiger partial charge in [-0.2, -0.15) is 0 Å². The van der Waals surface area contributed by atoms with Crippen LogP contribution in [-0.2, 0) is 0 Å². The number of benzene rings is 1. The molecule has 0 amide bonds. The van der Waals surface area contributed by atoms with Crippen molar-refractivity contribution in [1.82, 2.24) is 0 Å². The van der Waals surface area contributed by atoms with Crippen LogP contribution in [0, 0.1) is 6.92 Å². The molecule has 0 saturated heterocycles. The van der Waals surface area contributed by atoms with Crippen molar-refractivity contribution in [2.75, 3.05) is 0 Å². The Morgan fingerprint density at radius 2 is 1.89 bits per heavy atom. The maximum Gasteiger partial charge on any atom is 0.155 e. The fourth-order valence-corrected chi connectivity index (χ4v) is 2.86. The molecule has 3 aromatic rings. The van der Waals surface area contributed by atoms with Gasteiger partial charge >= 0.3 is 0 Å². The third-order valence-electron chi connectivity index (χ3n) is 2.91. The predicted molar refractivity (Wildman–Crippen MR) is 77.6 cm³/mol. The zero-order valence-electron chi connectivity index (χ0n) is 10.4. The first-order valence-electron chi connectivity index (χ1n) is 5.99. The molecule has 94 valence electrons. The number of hydrogen-bond donors (Lipinski definition) is 0. The van der Waals surface area contributed by atoms with Crippen LogP contribution in [0.25, 0.3) is 22.0 Å². The monoisotopic (exact) mass is 268 g/mol. The quantitative estimate of drug-likeness (QED) is 0.639. The zero-order valence-corrected chi connectivity index (χ0v) is 11.2. The lowest BCUT2D eigenvalue weighted by Gasteiger charge is -1.95. The molecule has 2 aromatic heterocycles. The van der Waals surface area contributed by atoms with Crippen molar-refractivity contribution in [3.05, 3.63) is 59.0 Å². The van der Waals surface area contributed by atoms with Crippen LogP contribution in [0.1, 0.15) is 15.2 Å². The minimum Gasteiger partial charge on any atom is -0.454 e. The Balaban J connectivity index is 2.11. The maximum atomic E-state index is 11.2.